The molecule has 0 fully saturated rings. The number of nitrogens with zero attached hydrogens (tertiary/aromatic N) is 2. The zero-order valence-electron chi connectivity index (χ0n) is 18.9. The summed E-state index contributed by atoms with van der Waals surface area (Å²) < 4.78 is 28.1. The summed E-state index contributed by atoms with van der Waals surface area (Å²) in [5.41, 5.74) is 7.29. The van der Waals surface area contributed by atoms with Gasteiger partial charge < -0.3 is 15.8 Å². The Morgan fingerprint density at radius 3 is 2.43 bits per heavy atom. The largest absolute Gasteiger partial charge is 0.443 e. The number of nitrogens with one attached hydrogen (secondary N) is 2. The lowest BCUT2D eigenvalue weighted by atomic mass is 10.2. The lowest BCUT2D eigenvalue weighted by Gasteiger charge is -2.03. The Bertz CT molecular complexity index is 1160. The molecule has 0 aliphatic heterocycles. The van der Waals surface area contributed by atoms with Crippen LogP contribution in [0.1, 0.15) is 31.4 Å². The molecule has 3 rings (SSSR count). The molecule has 0 saturated carbocycles. The van der Waals surface area contributed by atoms with Gasteiger partial charge in [-0.3, -0.25) is 9.78 Å². The molecule has 0 aliphatic rings. The maximum Gasteiger partial charge on any atom is 0.404 e. The molecule has 1 aromatic carbocycles. The van der Waals surface area contributed by atoms with E-state index >= 15 is 0 Å². The Kier molecular flexibility index (Phi) is 11.8. The van der Waals surface area contributed by atoms with E-state index in [2.05, 4.69) is 24.7 Å². The van der Waals surface area contributed by atoms with Crippen LogP contribution in [0.3, 0.4) is 0 Å². The van der Waals surface area contributed by atoms with Gasteiger partial charge in [-0.05, 0) is 25.0 Å². The first kappa shape index (κ1) is 27.9. The Balaban J connectivity index is 0.000000328. The molecule has 0 bridgehead atoms. The third kappa shape index (κ3) is 12.6. The lowest BCUT2D eigenvalue weighted by Crippen LogP contribution is -2.31. The highest BCUT2D eigenvalue weighted by Crippen LogP contribution is 2.24. The van der Waals surface area contributed by atoms with E-state index in [-0.39, 0.29) is 19.1 Å². The fourth-order valence-electron chi connectivity index (χ4n) is 2.68. The molecule has 2 aromatic heterocycles. The van der Waals surface area contributed by atoms with Crippen molar-refractivity contribution in [3.05, 3.63) is 65.8 Å². The fraction of sp³-hybridized carbons (Fsp3) is 0.273. The van der Waals surface area contributed by atoms with Gasteiger partial charge in [0.15, 0.2) is 5.13 Å². The zero-order valence-corrected chi connectivity index (χ0v) is 20.6. The second-order valence-electron chi connectivity index (χ2n) is 7.13. The van der Waals surface area contributed by atoms with Gasteiger partial charge in [-0.1, -0.05) is 42.8 Å². The molecular weight excluding hydrogens is 492 g/mol. The molecule has 35 heavy (non-hydrogen) atoms. The number of carbonyl (C=O) groups excluding carboxylic acids is 2. The number of hydrogen-bond acceptors (Lipinski definition) is 8. The summed E-state index contributed by atoms with van der Waals surface area (Å²) in [6, 6.07) is 15.1. The van der Waals surface area contributed by atoms with Crippen molar-refractivity contribution in [3.63, 3.8) is 0 Å². The van der Waals surface area contributed by atoms with Gasteiger partial charge in [0.05, 0.1) is 11.4 Å². The second kappa shape index (κ2) is 14.8. The molecule has 2 amide bonds. The highest BCUT2D eigenvalue weighted by atomic mass is 32.2. The van der Waals surface area contributed by atoms with Crippen LogP contribution < -0.4 is 20.9 Å². The zero-order chi connectivity index (χ0) is 25.5. The number of benzene rings is 1. The van der Waals surface area contributed by atoms with Gasteiger partial charge in [0, 0.05) is 30.1 Å². The van der Waals surface area contributed by atoms with E-state index < -0.39 is 16.3 Å². The van der Waals surface area contributed by atoms with Gasteiger partial charge in [0.2, 0.25) is 5.91 Å². The third-order valence-electron chi connectivity index (χ3n) is 4.29. The molecule has 0 radical (unpaired) electrons. The quantitative estimate of drug-likeness (QED) is 0.281. The summed E-state index contributed by atoms with van der Waals surface area (Å²) >= 11 is 1.39. The molecule has 11 nitrogen and oxygen atoms in total. The van der Waals surface area contributed by atoms with Crippen LogP contribution in [0.2, 0.25) is 0 Å². The molecule has 13 heteroatoms. The van der Waals surface area contributed by atoms with Crippen molar-refractivity contribution in [1.82, 2.24) is 14.7 Å². The first-order valence-electron chi connectivity index (χ1n) is 10.6. The van der Waals surface area contributed by atoms with Crippen molar-refractivity contribution in [1.29, 1.82) is 0 Å². The van der Waals surface area contributed by atoms with Crippen LogP contribution >= 0.6 is 11.3 Å². The number of thiazole rings is 1. The van der Waals surface area contributed by atoms with Gasteiger partial charge in [-0.2, -0.15) is 8.42 Å². The summed E-state index contributed by atoms with van der Waals surface area (Å²) in [5.74, 6) is -0.0941. The number of hydrogen-bond donors (Lipinski definition) is 4. The van der Waals surface area contributed by atoms with E-state index in [1.54, 1.807) is 18.3 Å². The number of amides is 2. The number of pyridine rings is 1. The number of ether oxygens (including phenoxy) is 1. The van der Waals surface area contributed by atoms with E-state index in [4.69, 9.17) is 10.9 Å². The third-order valence-corrected chi connectivity index (χ3v) is 5.66. The van der Waals surface area contributed by atoms with Crippen LogP contribution in [0.25, 0.3) is 11.3 Å². The molecular formula is C22H28N6O5S2. The van der Waals surface area contributed by atoms with E-state index in [9.17, 15) is 18.0 Å². The first-order chi connectivity index (χ1) is 16.7. The maximum absolute atomic E-state index is 11.9. The van der Waals surface area contributed by atoms with Crippen LogP contribution in [0.4, 0.5) is 9.93 Å². The molecule has 0 saturated heterocycles. The van der Waals surface area contributed by atoms with Crippen molar-refractivity contribution in [2.45, 2.75) is 32.3 Å². The number of aromatic nitrogens is 2. The van der Waals surface area contributed by atoms with E-state index in [1.807, 2.05) is 41.8 Å². The predicted octanol–water partition coefficient (Wildman–Crippen LogP) is 2.78. The maximum atomic E-state index is 11.9. The van der Waals surface area contributed by atoms with Crippen LogP contribution in [-0.2, 0) is 26.3 Å². The van der Waals surface area contributed by atoms with E-state index in [0.717, 1.165) is 17.7 Å². The first-order valence-corrected chi connectivity index (χ1v) is 13.1. The van der Waals surface area contributed by atoms with Crippen LogP contribution in [-0.4, -0.2) is 36.9 Å². The molecule has 0 aliphatic carbocycles. The number of nitrogens with two attached hydrogens (primary N) is 2. The highest BCUT2D eigenvalue weighted by molar-refractivity contribution is 7.87. The molecule has 0 unspecified atom stereocenters. The molecule has 0 atom stereocenters. The molecule has 6 N–H and O–H groups in total. The number of rotatable bonds is 11. The fourth-order valence-corrected chi connectivity index (χ4v) is 3.85. The molecule has 3 aromatic rings. The van der Waals surface area contributed by atoms with Gasteiger partial charge in [0.25, 0.3) is 10.2 Å². The van der Waals surface area contributed by atoms with Gasteiger partial charge in [0.1, 0.15) is 6.61 Å². The average molecular weight is 521 g/mol. The standard InChI is InChI=1S/C15H20N4O3S2.C7H8N2O2/c16-24(21,22)17-10-6-2-5-9-14(20)19-15-18-13(11-23-15)12-7-3-1-4-8-12;8-7(10)11-5-6-3-1-2-4-9-6/h1,3-4,7-8,11,17H,2,5-6,9-10H2,(H2,16,21,22)(H,18,19,20);1-4H,5H2,(H2,8,10). The number of primary amides is 1. The second-order valence-corrected chi connectivity index (χ2v) is 9.37. The van der Waals surface area contributed by atoms with Crippen molar-refractivity contribution in [2.75, 3.05) is 11.9 Å². The normalized spacial score (nSPS) is 10.7. The summed E-state index contributed by atoms with van der Waals surface area (Å²) in [4.78, 5) is 30.3. The van der Waals surface area contributed by atoms with Crippen LogP contribution in [0.15, 0.2) is 60.1 Å². The average Bonchev–Trinajstić information content (AvgIpc) is 3.29. The molecule has 0 spiro atoms. The summed E-state index contributed by atoms with van der Waals surface area (Å²) in [5, 5.41) is 10.1. The van der Waals surface area contributed by atoms with Crippen molar-refractivity contribution in [3.8, 4) is 11.3 Å². The SMILES string of the molecule is NC(=O)OCc1ccccn1.NS(=O)(=O)NCCCCCC(=O)Nc1nc(-c2ccccc2)cs1. The van der Waals surface area contributed by atoms with Crippen LogP contribution in [0, 0.1) is 0 Å². The number of unbranched alkanes of at least 4 members (excludes halogenated alkanes) is 2. The molecule has 188 valence electrons. The monoisotopic (exact) mass is 520 g/mol. The Morgan fingerprint density at radius 2 is 1.77 bits per heavy atom. The Hall–Kier alpha value is -3.39. The van der Waals surface area contributed by atoms with E-state index in [1.165, 1.54) is 11.3 Å². The predicted molar refractivity (Wildman–Crippen MR) is 134 cm³/mol. The van der Waals surface area contributed by atoms with Crippen molar-refractivity contribution in [2.24, 2.45) is 10.9 Å². The van der Waals surface area contributed by atoms with Gasteiger partial charge in [-0.15, -0.1) is 11.3 Å². The minimum Gasteiger partial charge on any atom is -0.443 e. The highest BCUT2D eigenvalue weighted by Gasteiger charge is 2.08. The summed E-state index contributed by atoms with van der Waals surface area (Å²) in [6.45, 7) is 0.420. The topological polar surface area (TPSA) is 179 Å². The van der Waals surface area contributed by atoms with Crippen molar-refractivity contribution < 1.29 is 22.7 Å². The minimum absolute atomic E-state index is 0.0941. The smallest absolute Gasteiger partial charge is 0.404 e. The Morgan fingerprint density at radius 1 is 1.03 bits per heavy atom. The summed E-state index contributed by atoms with van der Waals surface area (Å²) in [7, 11) is -3.63. The molecule has 2 heterocycles. The van der Waals surface area contributed by atoms with Crippen molar-refractivity contribution >= 4 is 38.7 Å². The van der Waals surface area contributed by atoms with E-state index in [0.29, 0.717) is 30.1 Å². The number of carbonyl (C=O) groups is 2. The van der Waals surface area contributed by atoms with Gasteiger partial charge in [-0.25, -0.2) is 19.6 Å². The lowest BCUT2D eigenvalue weighted by molar-refractivity contribution is -0.116. The Labute approximate surface area is 208 Å². The van der Waals surface area contributed by atoms with Gasteiger partial charge >= 0.3 is 6.09 Å². The summed E-state index contributed by atoms with van der Waals surface area (Å²) in [6.07, 6.45) is 3.27. The van der Waals surface area contributed by atoms with Crippen LogP contribution in [0.5, 0.6) is 0 Å². The number of anilines is 1. The minimum atomic E-state index is -3.63.